The van der Waals surface area contributed by atoms with E-state index in [1.54, 1.807) is 0 Å². The quantitative estimate of drug-likeness (QED) is 0.719. The minimum Gasteiger partial charge on any atom is -0.361 e. The summed E-state index contributed by atoms with van der Waals surface area (Å²) in [4.78, 5) is 7.65. The van der Waals surface area contributed by atoms with E-state index >= 15 is 0 Å². The second-order valence-electron chi connectivity index (χ2n) is 4.11. The second-order valence-corrected chi connectivity index (χ2v) is 4.11. The van der Waals surface area contributed by atoms with E-state index in [2.05, 4.69) is 43.7 Å². The zero-order valence-electron chi connectivity index (χ0n) is 9.68. The summed E-state index contributed by atoms with van der Waals surface area (Å²) in [6, 6.07) is 0. The smallest absolute Gasteiger partial charge is 0.0682 e. The molecule has 0 saturated carbocycles. The third-order valence-electron chi connectivity index (χ3n) is 3.09. The fourth-order valence-corrected chi connectivity index (χ4v) is 1.61. The minimum absolute atomic E-state index is 1.07. The lowest BCUT2D eigenvalue weighted by atomic mass is 10.1. The molecule has 0 amide bonds. The number of allylic oxidation sites excluding steroid dienone is 2. The first-order valence-electron chi connectivity index (χ1n) is 5.18. The number of aryl methyl sites for hydroxylation is 1. The molecule has 2 rings (SSSR count). The molecular formula is C13H16N2. The number of aromatic nitrogens is 1. The van der Waals surface area contributed by atoms with Crippen molar-refractivity contribution in [2.45, 2.75) is 27.7 Å². The average Bonchev–Trinajstić information content (AvgIpc) is 2.68. The Morgan fingerprint density at radius 1 is 1.20 bits per heavy atom. The van der Waals surface area contributed by atoms with Crippen LogP contribution < -0.4 is 0 Å². The fraction of sp³-hybridized carbons (Fsp3) is 0.308. The van der Waals surface area contributed by atoms with Gasteiger partial charge in [-0.1, -0.05) is 0 Å². The van der Waals surface area contributed by atoms with E-state index in [-0.39, 0.29) is 0 Å². The Kier molecular flexibility index (Phi) is 2.35. The third-order valence-corrected chi connectivity index (χ3v) is 3.09. The van der Waals surface area contributed by atoms with Gasteiger partial charge in [-0.2, -0.15) is 0 Å². The molecule has 1 aliphatic heterocycles. The highest BCUT2D eigenvalue weighted by Gasteiger charge is 2.09. The number of hydrogen-bond donors (Lipinski definition) is 1. The highest BCUT2D eigenvalue weighted by atomic mass is 14.8. The van der Waals surface area contributed by atoms with Crippen molar-refractivity contribution >= 4 is 12.3 Å². The largest absolute Gasteiger partial charge is 0.361 e. The topological polar surface area (TPSA) is 28.1 Å². The normalized spacial score (nSPS) is 18.3. The Morgan fingerprint density at radius 2 is 1.93 bits per heavy atom. The molecule has 15 heavy (non-hydrogen) atoms. The van der Waals surface area contributed by atoms with Crippen LogP contribution in [0.2, 0.25) is 0 Å². The van der Waals surface area contributed by atoms with Crippen molar-refractivity contribution in [2.24, 2.45) is 4.99 Å². The first-order valence-corrected chi connectivity index (χ1v) is 5.18. The van der Waals surface area contributed by atoms with Gasteiger partial charge in [-0.15, -0.1) is 0 Å². The van der Waals surface area contributed by atoms with Crippen molar-refractivity contribution in [2.75, 3.05) is 0 Å². The van der Waals surface area contributed by atoms with Gasteiger partial charge in [0.1, 0.15) is 0 Å². The summed E-state index contributed by atoms with van der Waals surface area (Å²) in [6.07, 6.45) is 6.07. The molecule has 1 N–H and O–H groups in total. The molecule has 0 fully saturated rings. The number of rotatable bonds is 1. The molecule has 1 aromatic rings. The molecule has 2 nitrogen and oxygen atoms in total. The number of hydrogen-bond acceptors (Lipinski definition) is 1. The van der Waals surface area contributed by atoms with Gasteiger partial charge in [-0.25, -0.2) is 0 Å². The Balaban J connectivity index is 2.41. The fourth-order valence-electron chi connectivity index (χ4n) is 1.61. The Labute approximate surface area is 90.4 Å². The lowest BCUT2D eigenvalue weighted by Crippen LogP contribution is -1.82. The number of aliphatic imine (C=N–C) groups is 1. The molecule has 1 aromatic heterocycles. The van der Waals surface area contributed by atoms with Crippen LogP contribution in [0.3, 0.4) is 0 Å². The van der Waals surface area contributed by atoms with Crippen LogP contribution in [0.5, 0.6) is 0 Å². The van der Waals surface area contributed by atoms with Crippen LogP contribution >= 0.6 is 0 Å². The number of aromatic amines is 1. The van der Waals surface area contributed by atoms with Crippen molar-refractivity contribution in [1.82, 2.24) is 4.98 Å². The molecule has 78 valence electrons. The molecule has 0 saturated heterocycles. The maximum absolute atomic E-state index is 4.39. The van der Waals surface area contributed by atoms with Gasteiger partial charge in [0, 0.05) is 18.1 Å². The lowest BCUT2D eigenvalue weighted by molar-refractivity contribution is 1.29. The zero-order valence-corrected chi connectivity index (χ0v) is 9.68. The molecule has 0 radical (unpaired) electrons. The second kappa shape index (κ2) is 3.54. The summed E-state index contributed by atoms with van der Waals surface area (Å²) in [5.41, 5.74) is 7.34. The van der Waals surface area contributed by atoms with E-state index in [0.717, 1.165) is 11.4 Å². The number of nitrogens with zero attached hydrogens (tertiary/aromatic N) is 1. The molecule has 0 atom stereocenters. The van der Waals surface area contributed by atoms with Gasteiger partial charge < -0.3 is 4.98 Å². The maximum Gasteiger partial charge on any atom is 0.0682 e. The highest BCUT2D eigenvalue weighted by molar-refractivity contribution is 5.87. The predicted octanol–water partition coefficient (Wildman–Crippen LogP) is 3.39. The van der Waals surface area contributed by atoms with E-state index < -0.39 is 0 Å². The average molecular weight is 200 g/mol. The van der Waals surface area contributed by atoms with E-state index in [1.165, 1.54) is 22.3 Å². The molecule has 2 heteroatoms. The Bertz CT molecular complexity index is 485. The number of H-pyrrole nitrogens is 1. The highest BCUT2D eigenvalue weighted by Crippen LogP contribution is 2.24. The van der Waals surface area contributed by atoms with Crippen molar-refractivity contribution in [3.05, 3.63) is 39.9 Å². The van der Waals surface area contributed by atoms with Gasteiger partial charge in [-0.3, -0.25) is 4.99 Å². The van der Waals surface area contributed by atoms with Gasteiger partial charge >= 0.3 is 0 Å². The molecule has 0 unspecified atom stereocenters. The van der Waals surface area contributed by atoms with E-state index in [1.807, 2.05) is 12.4 Å². The van der Waals surface area contributed by atoms with Gasteiger partial charge in [0.25, 0.3) is 0 Å². The Hall–Kier alpha value is -1.57. The molecule has 0 aliphatic carbocycles. The number of nitrogens with one attached hydrogen (secondary N) is 1. The maximum atomic E-state index is 4.39. The Morgan fingerprint density at radius 3 is 2.40 bits per heavy atom. The summed E-state index contributed by atoms with van der Waals surface area (Å²) in [6.45, 7) is 8.44. The van der Waals surface area contributed by atoms with Crippen LogP contribution in [0.15, 0.2) is 28.0 Å². The van der Waals surface area contributed by atoms with Crippen LogP contribution in [0.25, 0.3) is 6.08 Å². The molecule has 1 aliphatic rings. The van der Waals surface area contributed by atoms with Crippen LogP contribution in [-0.4, -0.2) is 11.2 Å². The van der Waals surface area contributed by atoms with Crippen molar-refractivity contribution in [3.63, 3.8) is 0 Å². The molecule has 2 heterocycles. The van der Waals surface area contributed by atoms with E-state index in [9.17, 15) is 0 Å². The summed E-state index contributed by atoms with van der Waals surface area (Å²) in [7, 11) is 0. The third kappa shape index (κ3) is 1.67. The first kappa shape index (κ1) is 9.97. The van der Waals surface area contributed by atoms with Crippen LogP contribution in [0, 0.1) is 13.8 Å². The standard InChI is InChI=1S/C13H16N2/c1-8-6-14-12(10(8)3)5-13-11(4)9(2)7-15-13/h5-7,14H,1-4H3/b13-5+. The van der Waals surface area contributed by atoms with Crippen LogP contribution in [0.1, 0.15) is 30.7 Å². The molecule has 0 aromatic carbocycles. The molecule has 0 bridgehead atoms. The van der Waals surface area contributed by atoms with Crippen LogP contribution in [0.4, 0.5) is 0 Å². The van der Waals surface area contributed by atoms with Crippen molar-refractivity contribution < 1.29 is 0 Å². The van der Waals surface area contributed by atoms with Gasteiger partial charge in [0.15, 0.2) is 0 Å². The van der Waals surface area contributed by atoms with Crippen molar-refractivity contribution in [3.8, 4) is 0 Å². The zero-order chi connectivity index (χ0) is 11.0. The van der Waals surface area contributed by atoms with Gasteiger partial charge in [-0.05, 0) is 56.0 Å². The summed E-state index contributed by atoms with van der Waals surface area (Å²) in [5.74, 6) is 0. The summed E-state index contributed by atoms with van der Waals surface area (Å²) in [5, 5.41) is 0. The SMILES string of the molecule is CC1=C(C)/C(=C\c2[nH]cc(C)c2C)N=C1. The van der Waals surface area contributed by atoms with E-state index in [0.29, 0.717) is 0 Å². The van der Waals surface area contributed by atoms with Crippen molar-refractivity contribution in [1.29, 1.82) is 0 Å². The summed E-state index contributed by atoms with van der Waals surface area (Å²) < 4.78 is 0. The van der Waals surface area contributed by atoms with Gasteiger partial charge in [0.2, 0.25) is 0 Å². The summed E-state index contributed by atoms with van der Waals surface area (Å²) >= 11 is 0. The molecular weight excluding hydrogens is 184 g/mol. The van der Waals surface area contributed by atoms with Crippen LogP contribution in [-0.2, 0) is 0 Å². The van der Waals surface area contributed by atoms with Gasteiger partial charge in [0.05, 0.1) is 5.70 Å². The molecule has 0 spiro atoms. The first-order chi connectivity index (χ1) is 7.09. The van der Waals surface area contributed by atoms with E-state index in [4.69, 9.17) is 0 Å². The minimum atomic E-state index is 1.07. The monoisotopic (exact) mass is 200 g/mol. The lowest BCUT2D eigenvalue weighted by Gasteiger charge is -1.98. The predicted molar refractivity (Wildman–Crippen MR) is 65.1 cm³/mol.